The maximum atomic E-state index is 6.16. The molecule has 0 saturated heterocycles. The second kappa shape index (κ2) is 6.62. The number of aryl methyl sites for hydroxylation is 1. The summed E-state index contributed by atoms with van der Waals surface area (Å²) in [4.78, 5) is 0. The zero-order valence-corrected chi connectivity index (χ0v) is 10.00. The fourth-order valence-corrected chi connectivity index (χ4v) is 1.82. The first-order valence-corrected chi connectivity index (χ1v) is 6.12. The Morgan fingerprint density at radius 3 is 2.67 bits per heavy atom. The molecule has 0 aromatic heterocycles. The van der Waals surface area contributed by atoms with E-state index in [4.69, 9.17) is 5.73 Å². The maximum Gasteiger partial charge on any atom is 0.0294 e. The van der Waals surface area contributed by atoms with Gasteiger partial charge in [0.05, 0.1) is 0 Å². The first-order valence-electron chi connectivity index (χ1n) is 6.12. The van der Waals surface area contributed by atoms with Crippen LogP contribution in [0.4, 0.5) is 0 Å². The first kappa shape index (κ1) is 12.3. The average molecular weight is 205 g/mol. The van der Waals surface area contributed by atoms with Gasteiger partial charge in [0, 0.05) is 6.04 Å². The molecule has 2 N–H and O–H groups in total. The van der Waals surface area contributed by atoms with E-state index in [2.05, 4.69) is 38.1 Å². The lowest BCUT2D eigenvalue weighted by molar-refractivity contribution is 0.581. The summed E-state index contributed by atoms with van der Waals surface area (Å²) in [6.07, 6.45) is 6.01. The van der Waals surface area contributed by atoms with Crippen LogP contribution in [0.1, 0.15) is 56.7 Å². The van der Waals surface area contributed by atoms with E-state index in [0.717, 1.165) is 12.8 Å². The minimum absolute atomic E-state index is 0.225. The van der Waals surface area contributed by atoms with Crippen LogP contribution in [0.3, 0.4) is 0 Å². The lowest BCUT2D eigenvalue weighted by atomic mass is 9.99. The Morgan fingerprint density at radius 1 is 1.20 bits per heavy atom. The van der Waals surface area contributed by atoms with Gasteiger partial charge in [0.2, 0.25) is 0 Å². The molecule has 0 heterocycles. The van der Waals surface area contributed by atoms with Crippen LogP contribution in [0.25, 0.3) is 0 Å². The molecule has 0 spiro atoms. The third-order valence-electron chi connectivity index (χ3n) is 2.91. The van der Waals surface area contributed by atoms with Crippen molar-refractivity contribution in [3.63, 3.8) is 0 Å². The van der Waals surface area contributed by atoms with Crippen molar-refractivity contribution >= 4 is 0 Å². The topological polar surface area (TPSA) is 26.0 Å². The molecule has 0 aliphatic carbocycles. The Balaban J connectivity index is 2.52. The van der Waals surface area contributed by atoms with Crippen LogP contribution in [0.5, 0.6) is 0 Å². The summed E-state index contributed by atoms with van der Waals surface area (Å²) in [6, 6.07) is 8.91. The molecule has 0 fully saturated rings. The summed E-state index contributed by atoms with van der Waals surface area (Å²) in [5, 5.41) is 0. The molecular formula is C14H23N. The maximum absolute atomic E-state index is 6.16. The highest BCUT2D eigenvalue weighted by molar-refractivity contribution is 5.25. The summed E-state index contributed by atoms with van der Waals surface area (Å²) < 4.78 is 0. The standard InChI is InChI=1S/C14H23N/c1-3-5-6-10-14(15)13-9-7-8-12(4-2)11-13/h7-9,11,14H,3-6,10,15H2,1-2H3. The third kappa shape index (κ3) is 4.05. The minimum Gasteiger partial charge on any atom is -0.324 e. The number of rotatable bonds is 6. The average Bonchev–Trinajstić information content (AvgIpc) is 2.29. The third-order valence-corrected chi connectivity index (χ3v) is 2.91. The van der Waals surface area contributed by atoms with E-state index in [-0.39, 0.29) is 6.04 Å². The summed E-state index contributed by atoms with van der Waals surface area (Å²) >= 11 is 0. The summed E-state index contributed by atoms with van der Waals surface area (Å²) in [6.45, 7) is 4.41. The molecule has 0 amide bonds. The zero-order chi connectivity index (χ0) is 11.1. The molecule has 1 aromatic carbocycles. The van der Waals surface area contributed by atoms with Crippen molar-refractivity contribution in [2.24, 2.45) is 5.73 Å². The lowest BCUT2D eigenvalue weighted by Crippen LogP contribution is -2.10. The summed E-state index contributed by atoms with van der Waals surface area (Å²) in [5.74, 6) is 0. The first-order chi connectivity index (χ1) is 7.27. The van der Waals surface area contributed by atoms with Crippen LogP contribution < -0.4 is 5.73 Å². The Bertz CT molecular complexity index is 280. The number of nitrogens with two attached hydrogens (primary N) is 1. The van der Waals surface area contributed by atoms with E-state index in [1.54, 1.807) is 0 Å². The normalized spacial score (nSPS) is 12.7. The van der Waals surface area contributed by atoms with Crippen LogP contribution >= 0.6 is 0 Å². The molecule has 1 unspecified atom stereocenters. The van der Waals surface area contributed by atoms with Crippen molar-refractivity contribution in [2.75, 3.05) is 0 Å². The smallest absolute Gasteiger partial charge is 0.0294 e. The fraction of sp³-hybridized carbons (Fsp3) is 0.571. The molecule has 0 saturated carbocycles. The zero-order valence-electron chi connectivity index (χ0n) is 10.00. The molecule has 0 aliphatic heterocycles. The van der Waals surface area contributed by atoms with Crippen molar-refractivity contribution in [1.29, 1.82) is 0 Å². The van der Waals surface area contributed by atoms with Crippen LogP contribution in [-0.4, -0.2) is 0 Å². The minimum atomic E-state index is 0.225. The second-order valence-corrected chi connectivity index (χ2v) is 4.20. The van der Waals surface area contributed by atoms with Crippen molar-refractivity contribution in [2.45, 2.75) is 52.0 Å². The van der Waals surface area contributed by atoms with Crippen molar-refractivity contribution < 1.29 is 0 Å². The van der Waals surface area contributed by atoms with Gasteiger partial charge in [0.25, 0.3) is 0 Å². The Labute approximate surface area is 93.7 Å². The van der Waals surface area contributed by atoms with E-state index < -0.39 is 0 Å². The highest BCUT2D eigenvalue weighted by Gasteiger charge is 2.05. The second-order valence-electron chi connectivity index (χ2n) is 4.20. The molecule has 15 heavy (non-hydrogen) atoms. The van der Waals surface area contributed by atoms with Gasteiger partial charge < -0.3 is 5.73 Å². The quantitative estimate of drug-likeness (QED) is 0.702. The van der Waals surface area contributed by atoms with E-state index in [9.17, 15) is 0 Å². The lowest BCUT2D eigenvalue weighted by Gasteiger charge is -2.12. The molecule has 84 valence electrons. The number of unbranched alkanes of at least 4 members (excludes halogenated alkanes) is 2. The molecule has 0 radical (unpaired) electrons. The predicted molar refractivity (Wildman–Crippen MR) is 66.9 cm³/mol. The van der Waals surface area contributed by atoms with Gasteiger partial charge in [-0.3, -0.25) is 0 Å². The van der Waals surface area contributed by atoms with Crippen LogP contribution in [-0.2, 0) is 6.42 Å². The Hall–Kier alpha value is -0.820. The van der Waals surface area contributed by atoms with Gasteiger partial charge in [-0.2, -0.15) is 0 Å². The van der Waals surface area contributed by atoms with Crippen molar-refractivity contribution in [1.82, 2.24) is 0 Å². The largest absolute Gasteiger partial charge is 0.324 e. The highest BCUT2D eigenvalue weighted by atomic mass is 14.6. The number of benzene rings is 1. The van der Waals surface area contributed by atoms with Gasteiger partial charge in [0.15, 0.2) is 0 Å². The molecule has 1 rings (SSSR count). The Kier molecular flexibility index (Phi) is 5.41. The van der Waals surface area contributed by atoms with E-state index in [0.29, 0.717) is 0 Å². The monoisotopic (exact) mass is 205 g/mol. The predicted octanol–water partition coefficient (Wildman–Crippen LogP) is 3.83. The van der Waals surface area contributed by atoms with E-state index in [1.165, 1.54) is 30.4 Å². The van der Waals surface area contributed by atoms with Gasteiger partial charge in [-0.1, -0.05) is 57.4 Å². The van der Waals surface area contributed by atoms with E-state index in [1.807, 2.05) is 0 Å². The van der Waals surface area contributed by atoms with Crippen molar-refractivity contribution in [3.05, 3.63) is 35.4 Å². The molecular weight excluding hydrogens is 182 g/mol. The van der Waals surface area contributed by atoms with Crippen LogP contribution in [0.2, 0.25) is 0 Å². The van der Waals surface area contributed by atoms with Gasteiger partial charge in [-0.15, -0.1) is 0 Å². The summed E-state index contributed by atoms with van der Waals surface area (Å²) in [7, 11) is 0. The molecule has 1 aromatic rings. The highest BCUT2D eigenvalue weighted by Crippen LogP contribution is 2.18. The SMILES string of the molecule is CCCCCC(N)c1cccc(CC)c1. The van der Waals surface area contributed by atoms with E-state index >= 15 is 0 Å². The fourth-order valence-electron chi connectivity index (χ4n) is 1.82. The van der Waals surface area contributed by atoms with Crippen LogP contribution in [0, 0.1) is 0 Å². The van der Waals surface area contributed by atoms with Gasteiger partial charge in [-0.25, -0.2) is 0 Å². The van der Waals surface area contributed by atoms with Crippen LogP contribution in [0.15, 0.2) is 24.3 Å². The van der Waals surface area contributed by atoms with Crippen molar-refractivity contribution in [3.8, 4) is 0 Å². The van der Waals surface area contributed by atoms with Gasteiger partial charge in [-0.05, 0) is 24.0 Å². The molecule has 1 atom stereocenters. The van der Waals surface area contributed by atoms with Gasteiger partial charge in [0.1, 0.15) is 0 Å². The molecule has 1 nitrogen and oxygen atoms in total. The summed E-state index contributed by atoms with van der Waals surface area (Å²) in [5.41, 5.74) is 8.84. The Morgan fingerprint density at radius 2 is 2.00 bits per heavy atom. The molecule has 0 aliphatic rings. The number of hydrogen-bond donors (Lipinski definition) is 1. The molecule has 1 heteroatoms. The number of hydrogen-bond acceptors (Lipinski definition) is 1. The van der Waals surface area contributed by atoms with Gasteiger partial charge >= 0.3 is 0 Å². The molecule has 0 bridgehead atoms.